The molecule has 2 rings (SSSR count). The molecule has 0 saturated carbocycles. The van der Waals surface area contributed by atoms with Gasteiger partial charge in [0, 0.05) is 25.3 Å². The fourth-order valence-corrected chi connectivity index (χ4v) is 3.20. The molecule has 2 aliphatic rings. The van der Waals surface area contributed by atoms with Crippen LogP contribution in [0.4, 0.5) is 0 Å². The highest BCUT2D eigenvalue weighted by Crippen LogP contribution is 2.42. The van der Waals surface area contributed by atoms with Gasteiger partial charge in [-0.05, 0) is 44.9 Å². The zero-order chi connectivity index (χ0) is 9.31. The largest absolute Gasteiger partial charge is 0.381 e. The zero-order valence-electron chi connectivity index (χ0n) is 8.81. The van der Waals surface area contributed by atoms with E-state index in [1.54, 1.807) is 0 Å². The molecule has 76 valence electrons. The maximum absolute atomic E-state index is 5.45. The molecule has 0 bridgehead atoms. The first kappa shape index (κ1) is 9.47. The summed E-state index contributed by atoms with van der Waals surface area (Å²) in [6, 6.07) is 1.39. The number of piperidine rings is 1. The summed E-state index contributed by atoms with van der Waals surface area (Å²) in [5.74, 6) is 0. The van der Waals surface area contributed by atoms with Crippen LogP contribution in [-0.4, -0.2) is 25.3 Å². The molecule has 2 aliphatic heterocycles. The Bertz CT molecular complexity index is 163. The summed E-state index contributed by atoms with van der Waals surface area (Å²) < 4.78 is 5.45. The second-order valence-corrected chi connectivity index (χ2v) is 4.99. The van der Waals surface area contributed by atoms with Crippen molar-refractivity contribution in [2.45, 2.75) is 51.6 Å². The second kappa shape index (κ2) is 3.58. The normalized spacial score (nSPS) is 39.2. The van der Waals surface area contributed by atoms with Gasteiger partial charge in [0.05, 0.1) is 0 Å². The van der Waals surface area contributed by atoms with Gasteiger partial charge in [0.25, 0.3) is 0 Å². The smallest absolute Gasteiger partial charge is 0.0471 e. The van der Waals surface area contributed by atoms with Crippen molar-refractivity contribution in [1.29, 1.82) is 0 Å². The summed E-state index contributed by atoms with van der Waals surface area (Å²) in [5, 5.41) is 3.61. The van der Waals surface area contributed by atoms with Gasteiger partial charge in [0.15, 0.2) is 0 Å². The summed E-state index contributed by atoms with van der Waals surface area (Å²) in [7, 11) is 0. The average molecular weight is 183 g/mol. The highest BCUT2D eigenvalue weighted by atomic mass is 16.5. The van der Waals surface area contributed by atoms with Gasteiger partial charge >= 0.3 is 0 Å². The van der Waals surface area contributed by atoms with Crippen molar-refractivity contribution in [2.75, 3.05) is 13.2 Å². The molecule has 2 nitrogen and oxygen atoms in total. The molecule has 0 aliphatic carbocycles. The Kier molecular flexibility index (Phi) is 2.61. The van der Waals surface area contributed by atoms with Crippen LogP contribution >= 0.6 is 0 Å². The third-order valence-corrected chi connectivity index (χ3v) is 3.60. The molecule has 2 heteroatoms. The fourth-order valence-electron chi connectivity index (χ4n) is 3.20. The molecule has 0 unspecified atom stereocenters. The second-order valence-electron chi connectivity index (χ2n) is 4.99. The average Bonchev–Trinajstić information content (AvgIpc) is 2.02. The standard InChI is InChI=1S/C11H21NO/c1-9-7-11(8-10(2)12-9)3-5-13-6-4-11/h9-10,12H,3-8H2,1-2H3/t9-,10+. The van der Waals surface area contributed by atoms with Crippen LogP contribution in [0.25, 0.3) is 0 Å². The first-order chi connectivity index (χ1) is 6.20. The predicted octanol–water partition coefficient (Wildman–Crippen LogP) is 1.94. The van der Waals surface area contributed by atoms with Crippen molar-refractivity contribution >= 4 is 0 Å². The Labute approximate surface area is 81.0 Å². The van der Waals surface area contributed by atoms with Crippen LogP contribution in [0.2, 0.25) is 0 Å². The van der Waals surface area contributed by atoms with Crippen molar-refractivity contribution in [3.05, 3.63) is 0 Å². The lowest BCUT2D eigenvalue weighted by Gasteiger charge is -2.45. The third-order valence-electron chi connectivity index (χ3n) is 3.60. The van der Waals surface area contributed by atoms with Crippen LogP contribution in [0, 0.1) is 5.41 Å². The monoisotopic (exact) mass is 183 g/mol. The highest BCUT2D eigenvalue weighted by Gasteiger charge is 2.38. The molecule has 0 radical (unpaired) electrons. The number of ether oxygens (including phenoxy) is 1. The number of hydrogen-bond acceptors (Lipinski definition) is 2. The van der Waals surface area contributed by atoms with E-state index in [4.69, 9.17) is 4.74 Å². The summed E-state index contributed by atoms with van der Waals surface area (Å²) in [6.07, 6.45) is 5.26. The molecule has 2 saturated heterocycles. The molecule has 0 aromatic rings. The van der Waals surface area contributed by atoms with Crippen molar-refractivity contribution in [3.63, 3.8) is 0 Å². The molecule has 2 atom stereocenters. The number of rotatable bonds is 0. The zero-order valence-corrected chi connectivity index (χ0v) is 8.81. The van der Waals surface area contributed by atoms with Crippen LogP contribution < -0.4 is 5.32 Å². The lowest BCUT2D eigenvalue weighted by atomic mass is 9.69. The number of hydrogen-bond donors (Lipinski definition) is 1. The van der Waals surface area contributed by atoms with E-state index >= 15 is 0 Å². The van der Waals surface area contributed by atoms with Crippen LogP contribution in [0.15, 0.2) is 0 Å². The van der Waals surface area contributed by atoms with Gasteiger partial charge in [-0.25, -0.2) is 0 Å². The van der Waals surface area contributed by atoms with E-state index in [2.05, 4.69) is 19.2 Å². The fraction of sp³-hybridized carbons (Fsp3) is 1.00. The Morgan fingerprint density at radius 3 is 2.15 bits per heavy atom. The summed E-state index contributed by atoms with van der Waals surface area (Å²) >= 11 is 0. The first-order valence-electron chi connectivity index (χ1n) is 5.54. The quantitative estimate of drug-likeness (QED) is 0.619. The van der Waals surface area contributed by atoms with E-state index in [9.17, 15) is 0 Å². The van der Waals surface area contributed by atoms with Gasteiger partial charge in [0.2, 0.25) is 0 Å². The lowest BCUT2D eigenvalue weighted by Crippen LogP contribution is -2.49. The molecule has 1 N–H and O–H groups in total. The van der Waals surface area contributed by atoms with Crippen molar-refractivity contribution in [1.82, 2.24) is 5.32 Å². The maximum atomic E-state index is 5.45. The van der Waals surface area contributed by atoms with E-state index in [-0.39, 0.29) is 0 Å². The molecule has 0 amide bonds. The van der Waals surface area contributed by atoms with Gasteiger partial charge in [-0.2, -0.15) is 0 Å². The SMILES string of the molecule is C[C@@H]1CC2(CCOCC2)C[C@H](C)N1. The molecular formula is C11H21NO. The minimum absolute atomic E-state index is 0.613. The van der Waals surface area contributed by atoms with Crippen molar-refractivity contribution < 1.29 is 4.74 Å². The van der Waals surface area contributed by atoms with Crippen LogP contribution in [0.3, 0.4) is 0 Å². The van der Waals surface area contributed by atoms with Gasteiger partial charge < -0.3 is 10.1 Å². The van der Waals surface area contributed by atoms with Crippen molar-refractivity contribution in [3.8, 4) is 0 Å². The van der Waals surface area contributed by atoms with Gasteiger partial charge in [-0.1, -0.05) is 0 Å². The Morgan fingerprint density at radius 2 is 1.62 bits per heavy atom. The Morgan fingerprint density at radius 1 is 1.08 bits per heavy atom. The van der Waals surface area contributed by atoms with E-state index in [0.29, 0.717) is 17.5 Å². The molecule has 2 heterocycles. The van der Waals surface area contributed by atoms with E-state index in [1.165, 1.54) is 25.7 Å². The Balaban J connectivity index is 2.02. The highest BCUT2D eigenvalue weighted by molar-refractivity contribution is 4.92. The molecule has 0 aromatic heterocycles. The summed E-state index contributed by atoms with van der Waals surface area (Å²) in [6.45, 7) is 6.60. The molecule has 2 fully saturated rings. The van der Waals surface area contributed by atoms with E-state index in [0.717, 1.165) is 13.2 Å². The maximum Gasteiger partial charge on any atom is 0.0471 e. The molecular weight excluding hydrogens is 162 g/mol. The topological polar surface area (TPSA) is 21.3 Å². The summed E-state index contributed by atoms with van der Waals surface area (Å²) in [4.78, 5) is 0. The van der Waals surface area contributed by atoms with E-state index in [1.807, 2.05) is 0 Å². The lowest BCUT2D eigenvalue weighted by molar-refractivity contribution is -0.0163. The minimum atomic E-state index is 0.613. The number of nitrogens with one attached hydrogen (secondary N) is 1. The molecule has 13 heavy (non-hydrogen) atoms. The molecule has 1 spiro atoms. The van der Waals surface area contributed by atoms with Crippen LogP contribution in [0.1, 0.15) is 39.5 Å². The van der Waals surface area contributed by atoms with Gasteiger partial charge in [-0.3, -0.25) is 0 Å². The van der Waals surface area contributed by atoms with Crippen molar-refractivity contribution in [2.24, 2.45) is 5.41 Å². The summed E-state index contributed by atoms with van der Waals surface area (Å²) in [5.41, 5.74) is 0.613. The van der Waals surface area contributed by atoms with Crippen LogP contribution in [0.5, 0.6) is 0 Å². The van der Waals surface area contributed by atoms with Crippen LogP contribution in [-0.2, 0) is 4.74 Å². The van der Waals surface area contributed by atoms with Gasteiger partial charge in [-0.15, -0.1) is 0 Å². The third kappa shape index (κ3) is 2.05. The first-order valence-corrected chi connectivity index (χ1v) is 5.54. The predicted molar refractivity (Wildman–Crippen MR) is 53.8 cm³/mol. The van der Waals surface area contributed by atoms with Gasteiger partial charge in [0.1, 0.15) is 0 Å². The molecule has 0 aromatic carbocycles. The Hall–Kier alpha value is -0.0800. The minimum Gasteiger partial charge on any atom is -0.381 e. The van der Waals surface area contributed by atoms with E-state index < -0.39 is 0 Å².